The molecule has 0 aliphatic carbocycles. The van der Waals surface area contributed by atoms with E-state index in [1.54, 1.807) is 42.3 Å². The molecule has 4 rings (SSSR count). The zero-order valence-electron chi connectivity index (χ0n) is 17.7. The lowest BCUT2D eigenvalue weighted by molar-refractivity contribution is -0.130. The summed E-state index contributed by atoms with van der Waals surface area (Å²) >= 11 is 0. The number of ether oxygens (including phenoxy) is 3. The maximum absolute atomic E-state index is 12.5. The first-order chi connectivity index (χ1) is 15.6. The average molecular weight is 439 g/mol. The third kappa shape index (κ3) is 4.61. The normalized spacial score (nSPS) is 19.4. The summed E-state index contributed by atoms with van der Waals surface area (Å²) in [6.45, 7) is 0.888. The molecule has 0 saturated carbocycles. The van der Waals surface area contributed by atoms with Gasteiger partial charge in [-0.3, -0.25) is 14.4 Å². The Morgan fingerprint density at radius 3 is 2.50 bits per heavy atom. The van der Waals surface area contributed by atoms with Crippen molar-refractivity contribution in [1.82, 2.24) is 10.6 Å². The monoisotopic (exact) mass is 439 g/mol. The van der Waals surface area contributed by atoms with Crippen LogP contribution in [0.2, 0.25) is 0 Å². The van der Waals surface area contributed by atoms with Gasteiger partial charge in [0.25, 0.3) is 5.91 Å². The highest BCUT2D eigenvalue weighted by Crippen LogP contribution is 2.33. The van der Waals surface area contributed by atoms with Crippen molar-refractivity contribution in [3.05, 3.63) is 48.5 Å². The fourth-order valence-corrected chi connectivity index (χ4v) is 3.75. The summed E-state index contributed by atoms with van der Waals surface area (Å²) in [5.41, 5.74) is 0.652. The molecule has 168 valence electrons. The van der Waals surface area contributed by atoms with Crippen LogP contribution in [0.1, 0.15) is 6.42 Å². The Morgan fingerprint density at radius 1 is 1.03 bits per heavy atom. The van der Waals surface area contributed by atoms with Gasteiger partial charge < -0.3 is 29.7 Å². The van der Waals surface area contributed by atoms with Crippen LogP contribution >= 0.6 is 0 Å². The van der Waals surface area contributed by atoms with Crippen LogP contribution in [0.15, 0.2) is 48.5 Å². The number of fused-ring (bicyclic) bond motifs is 1. The lowest BCUT2D eigenvalue weighted by atomic mass is 10.1. The van der Waals surface area contributed by atoms with Gasteiger partial charge in [-0.15, -0.1) is 0 Å². The number of nitrogens with one attached hydrogen (secondary N) is 2. The van der Waals surface area contributed by atoms with E-state index in [4.69, 9.17) is 14.2 Å². The fraction of sp³-hybridized carbons (Fsp3) is 0.348. The summed E-state index contributed by atoms with van der Waals surface area (Å²) in [5.74, 6) is 0.589. The molecular formula is C23H25N3O6. The molecule has 0 radical (unpaired) electrons. The van der Waals surface area contributed by atoms with Crippen LogP contribution in [0.25, 0.3) is 0 Å². The standard InChI is InChI=1S/C23H25N3O6/c1-30-17-7-3-2-6-16(17)26-13-15(12-21(26)27)22(28)24-10-11-25-23(29)20-14-31-18-8-4-5-9-19(18)32-20/h2-9,15,20H,10-14H2,1H3,(H,24,28)(H,25,29)/t15-,20+/m1/s1. The number of carbonyl (C=O) groups is 3. The topological polar surface area (TPSA) is 106 Å². The summed E-state index contributed by atoms with van der Waals surface area (Å²) in [6, 6.07) is 14.4. The highest BCUT2D eigenvalue weighted by atomic mass is 16.6. The molecule has 2 atom stereocenters. The Morgan fingerprint density at radius 2 is 1.72 bits per heavy atom. The Bertz CT molecular complexity index is 1010. The van der Waals surface area contributed by atoms with Crippen molar-refractivity contribution >= 4 is 23.4 Å². The summed E-state index contributed by atoms with van der Waals surface area (Å²) in [4.78, 5) is 38.9. The molecule has 2 aliphatic rings. The lowest BCUT2D eigenvalue weighted by Crippen LogP contribution is -2.46. The van der Waals surface area contributed by atoms with Crippen LogP contribution in [0.3, 0.4) is 0 Å². The van der Waals surface area contributed by atoms with E-state index >= 15 is 0 Å². The molecule has 0 unspecified atom stereocenters. The average Bonchev–Trinajstić information content (AvgIpc) is 3.22. The van der Waals surface area contributed by atoms with E-state index in [2.05, 4.69) is 10.6 Å². The second-order valence-electron chi connectivity index (χ2n) is 7.52. The van der Waals surface area contributed by atoms with Crippen LogP contribution in [-0.4, -0.2) is 57.2 Å². The molecular weight excluding hydrogens is 414 g/mol. The van der Waals surface area contributed by atoms with Gasteiger partial charge in [-0.25, -0.2) is 0 Å². The molecule has 2 aromatic carbocycles. The Kier molecular flexibility index (Phi) is 6.44. The number of rotatable bonds is 7. The first-order valence-corrected chi connectivity index (χ1v) is 10.4. The Balaban J connectivity index is 1.22. The van der Waals surface area contributed by atoms with E-state index in [0.29, 0.717) is 22.9 Å². The molecule has 2 N–H and O–H groups in total. The van der Waals surface area contributed by atoms with Gasteiger partial charge in [0.1, 0.15) is 12.4 Å². The Hall–Kier alpha value is -3.75. The van der Waals surface area contributed by atoms with E-state index in [1.807, 2.05) is 18.2 Å². The van der Waals surface area contributed by atoms with Crippen LogP contribution < -0.4 is 29.7 Å². The molecule has 1 fully saturated rings. The van der Waals surface area contributed by atoms with E-state index in [-0.39, 0.29) is 50.4 Å². The molecule has 2 aromatic rings. The molecule has 9 nitrogen and oxygen atoms in total. The lowest BCUT2D eigenvalue weighted by Gasteiger charge is -2.25. The summed E-state index contributed by atoms with van der Waals surface area (Å²) in [5, 5.41) is 5.52. The van der Waals surface area contributed by atoms with Gasteiger partial charge in [0, 0.05) is 26.1 Å². The molecule has 3 amide bonds. The minimum Gasteiger partial charge on any atom is -0.495 e. The quantitative estimate of drug-likeness (QED) is 0.627. The first-order valence-electron chi connectivity index (χ1n) is 10.4. The third-order valence-electron chi connectivity index (χ3n) is 5.40. The summed E-state index contributed by atoms with van der Waals surface area (Å²) in [6.07, 6.45) is -0.620. The number of amides is 3. The van der Waals surface area contributed by atoms with Crippen molar-refractivity contribution in [1.29, 1.82) is 0 Å². The molecule has 2 aliphatic heterocycles. The summed E-state index contributed by atoms with van der Waals surface area (Å²) in [7, 11) is 1.54. The molecule has 1 saturated heterocycles. The van der Waals surface area contributed by atoms with Crippen LogP contribution in [0, 0.1) is 5.92 Å². The minimum atomic E-state index is -0.748. The van der Waals surface area contributed by atoms with Crippen molar-refractivity contribution in [2.75, 3.05) is 38.3 Å². The molecule has 0 spiro atoms. The van der Waals surface area contributed by atoms with Crippen molar-refractivity contribution in [2.24, 2.45) is 5.92 Å². The molecule has 0 bridgehead atoms. The van der Waals surface area contributed by atoms with Gasteiger partial charge in [0.15, 0.2) is 11.5 Å². The van der Waals surface area contributed by atoms with Gasteiger partial charge in [-0.1, -0.05) is 24.3 Å². The zero-order valence-corrected chi connectivity index (χ0v) is 17.7. The van der Waals surface area contributed by atoms with E-state index in [1.165, 1.54) is 0 Å². The van der Waals surface area contributed by atoms with Crippen LogP contribution in [0.4, 0.5) is 5.69 Å². The van der Waals surface area contributed by atoms with E-state index in [9.17, 15) is 14.4 Å². The van der Waals surface area contributed by atoms with Gasteiger partial charge in [0.05, 0.1) is 18.7 Å². The molecule has 9 heteroatoms. The predicted octanol–water partition coefficient (Wildman–Crippen LogP) is 1.12. The second-order valence-corrected chi connectivity index (χ2v) is 7.52. The summed E-state index contributed by atoms with van der Waals surface area (Å²) < 4.78 is 16.5. The number of nitrogens with zero attached hydrogens (tertiary/aromatic N) is 1. The molecule has 0 aromatic heterocycles. The van der Waals surface area contributed by atoms with Gasteiger partial charge in [0.2, 0.25) is 17.9 Å². The largest absolute Gasteiger partial charge is 0.495 e. The smallest absolute Gasteiger partial charge is 0.264 e. The maximum atomic E-state index is 12.5. The number of hydrogen-bond acceptors (Lipinski definition) is 6. The number of methoxy groups -OCH3 is 1. The van der Waals surface area contributed by atoms with E-state index in [0.717, 1.165) is 0 Å². The predicted molar refractivity (Wildman–Crippen MR) is 116 cm³/mol. The fourth-order valence-electron chi connectivity index (χ4n) is 3.75. The first kappa shape index (κ1) is 21.5. The van der Waals surface area contributed by atoms with Crippen molar-refractivity contribution in [2.45, 2.75) is 12.5 Å². The van der Waals surface area contributed by atoms with Crippen molar-refractivity contribution < 1.29 is 28.6 Å². The van der Waals surface area contributed by atoms with Crippen molar-refractivity contribution in [3.63, 3.8) is 0 Å². The highest BCUT2D eigenvalue weighted by Gasteiger charge is 2.36. The van der Waals surface area contributed by atoms with Gasteiger partial charge in [-0.05, 0) is 24.3 Å². The Labute approximate surface area is 185 Å². The third-order valence-corrected chi connectivity index (χ3v) is 5.40. The number of hydrogen-bond donors (Lipinski definition) is 2. The number of carbonyl (C=O) groups excluding carboxylic acids is 3. The van der Waals surface area contributed by atoms with Crippen LogP contribution in [0.5, 0.6) is 17.2 Å². The highest BCUT2D eigenvalue weighted by molar-refractivity contribution is 6.01. The van der Waals surface area contributed by atoms with Crippen LogP contribution in [-0.2, 0) is 14.4 Å². The molecule has 2 heterocycles. The minimum absolute atomic E-state index is 0.123. The zero-order chi connectivity index (χ0) is 22.5. The second kappa shape index (κ2) is 9.59. The van der Waals surface area contributed by atoms with Crippen molar-refractivity contribution in [3.8, 4) is 17.2 Å². The number of benzene rings is 2. The van der Waals surface area contributed by atoms with E-state index < -0.39 is 12.0 Å². The number of para-hydroxylation sites is 4. The van der Waals surface area contributed by atoms with Gasteiger partial charge in [-0.2, -0.15) is 0 Å². The SMILES string of the molecule is COc1ccccc1N1C[C@H](C(=O)NCCNC(=O)[C@@H]2COc3ccccc3O2)CC1=O. The maximum Gasteiger partial charge on any atom is 0.264 e. The number of anilines is 1. The van der Waals surface area contributed by atoms with Gasteiger partial charge >= 0.3 is 0 Å². The molecule has 32 heavy (non-hydrogen) atoms.